The second kappa shape index (κ2) is 6.02. The zero-order valence-electron chi connectivity index (χ0n) is 10.9. The minimum Gasteiger partial charge on any atom is -0.398 e. The van der Waals surface area contributed by atoms with Crippen molar-refractivity contribution in [2.75, 3.05) is 25.9 Å². The molecule has 0 fully saturated rings. The van der Waals surface area contributed by atoms with Gasteiger partial charge in [-0.2, -0.15) is 0 Å². The van der Waals surface area contributed by atoms with E-state index < -0.39 is 0 Å². The Balaban J connectivity index is 2.40. The van der Waals surface area contributed by atoms with Gasteiger partial charge in [-0.3, -0.25) is 4.79 Å². The predicted octanol–water partition coefficient (Wildman–Crippen LogP) is 1.71. The van der Waals surface area contributed by atoms with E-state index in [-0.39, 0.29) is 5.91 Å². The molecule has 1 aromatic rings. The van der Waals surface area contributed by atoms with Crippen molar-refractivity contribution in [3.05, 3.63) is 15.8 Å². The Labute approximate surface area is 107 Å². The molecule has 1 aromatic heterocycles. The number of nitrogens with two attached hydrogens (primary N) is 1. The molecule has 0 saturated carbocycles. The van der Waals surface area contributed by atoms with Gasteiger partial charge < -0.3 is 16.0 Å². The molecule has 4 nitrogen and oxygen atoms in total. The first-order valence-electron chi connectivity index (χ1n) is 5.76. The second-order valence-electron chi connectivity index (χ2n) is 4.45. The van der Waals surface area contributed by atoms with Crippen molar-refractivity contribution in [3.63, 3.8) is 0 Å². The van der Waals surface area contributed by atoms with E-state index in [9.17, 15) is 4.79 Å². The normalized spacial score (nSPS) is 11.2. The van der Waals surface area contributed by atoms with E-state index in [4.69, 9.17) is 5.73 Å². The van der Waals surface area contributed by atoms with Crippen molar-refractivity contribution in [2.45, 2.75) is 26.8 Å². The van der Waals surface area contributed by atoms with Crippen molar-refractivity contribution in [3.8, 4) is 0 Å². The number of carbonyl (C=O) groups excluding carboxylic acids is 1. The lowest BCUT2D eigenvalue weighted by Gasteiger charge is -2.20. The Morgan fingerprint density at radius 1 is 1.59 bits per heavy atom. The van der Waals surface area contributed by atoms with Crippen molar-refractivity contribution < 1.29 is 4.79 Å². The molecule has 0 aliphatic carbocycles. The summed E-state index contributed by atoms with van der Waals surface area (Å²) in [6, 6.07) is 2.23. The van der Waals surface area contributed by atoms with Crippen LogP contribution in [-0.2, 0) is 0 Å². The molecule has 3 N–H and O–H groups in total. The first kappa shape index (κ1) is 14.0. The van der Waals surface area contributed by atoms with Crippen LogP contribution in [0.5, 0.6) is 0 Å². The standard InChI is InChI=1S/C12H21N3OS/c1-8(2)15(4)6-5-14-12(16)11-7-10(13)9(3)17-11/h7-8H,5-6,13H2,1-4H3,(H,14,16). The number of likely N-dealkylation sites (N-methyl/N-ethyl adjacent to an activating group) is 1. The second-order valence-corrected chi connectivity index (χ2v) is 5.71. The van der Waals surface area contributed by atoms with Gasteiger partial charge in [-0.15, -0.1) is 11.3 Å². The molecule has 0 spiro atoms. The number of rotatable bonds is 5. The van der Waals surface area contributed by atoms with Crippen LogP contribution in [0.1, 0.15) is 28.4 Å². The molecule has 5 heteroatoms. The van der Waals surface area contributed by atoms with Gasteiger partial charge in [0.25, 0.3) is 5.91 Å². The molecule has 96 valence electrons. The molecule has 0 radical (unpaired) electrons. The van der Waals surface area contributed by atoms with Crippen LogP contribution >= 0.6 is 11.3 Å². The molecule has 0 aliphatic heterocycles. The van der Waals surface area contributed by atoms with Crippen LogP contribution in [0.4, 0.5) is 5.69 Å². The molecule has 1 heterocycles. The summed E-state index contributed by atoms with van der Waals surface area (Å²) in [4.78, 5) is 15.7. The van der Waals surface area contributed by atoms with Gasteiger partial charge in [0.2, 0.25) is 0 Å². The number of nitrogen functional groups attached to an aromatic ring is 1. The maximum Gasteiger partial charge on any atom is 0.261 e. The van der Waals surface area contributed by atoms with E-state index in [1.807, 2.05) is 14.0 Å². The van der Waals surface area contributed by atoms with Crippen LogP contribution in [-0.4, -0.2) is 37.0 Å². The molecule has 1 rings (SSSR count). The van der Waals surface area contributed by atoms with Gasteiger partial charge in [0, 0.05) is 29.7 Å². The number of carbonyl (C=O) groups is 1. The number of hydrogen-bond donors (Lipinski definition) is 2. The van der Waals surface area contributed by atoms with E-state index in [1.54, 1.807) is 6.07 Å². The topological polar surface area (TPSA) is 58.4 Å². The minimum atomic E-state index is -0.0352. The lowest BCUT2D eigenvalue weighted by molar-refractivity contribution is 0.0952. The number of nitrogens with one attached hydrogen (secondary N) is 1. The van der Waals surface area contributed by atoms with Crippen molar-refractivity contribution in [1.82, 2.24) is 10.2 Å². The summed E-state index contributed by atoms with van der Waals surface area (Å²) in [6.45, 7) is 7.69. The minimum absolute atomic E-state index is 0.0352. The molecular formula is C12H21N3OS. The maximum atomic E-state index is 11.8. The third kappa shape index (κ3) is 4.02. The monoisotopic (exact) mass is 255 g/mol. The molecule has 17 heavy (non-hydrogen) atoms. The smallest absolute Gasteiger partial charge is 0.261 e. The fraction of sp³-hybridized carbons (Fsp3) is 0.583. The van der Waals surface area contributed by atoms with E-state index in [2.05, 4.69) is 24.1 Å². The Hall–Kier alpha value is -1.07. The number of nitrogens with zero attached hydrogens (tertiary/aromatic N) is 1. The van der Waals surface area contributed by atoms with Crippen molar-refractivity contribution in [2.24, 2.45) is 0 Å². The van der Waals surface area contributed by atoms with Crippen LogP contribution in [0.3, 0.4) is 0 Å². The van der Waals surface area contributed by atoms with Gasteiger partial charge in [-0.05, 0) is 33.9 Å². The highest BCUT2D eigenvalue weighted by molar-refractivity contribution is 7.14. The van der Waals surface area contributed by atoms with Crippen molar-refractivity contribution in [1.29, 1.82) is 0 Å². The zero-order valence-corrected chi connectivity index (χ0v) is 11.7. The van der Waals surface area contributed by atoms with E-state index in [1.165, 1.54) is 11.3 Å². The first-order chi connectivity index (χ1) is 7.91. The number of thiophene rings is 1. The molecule has 0 saturated heterocycles. The number of amides is 1. The lowest BCUT2D eigenvalue weighted by atomic mass is 10.3. The third-order valence-electron chi connectivity index (χ3n) is 2.81. The van der Waals surface area contributed by atoms with E-state index in [0.29, 0.717) is 23.2 Å². The first-order valence-corrected chi connectivity index (χ1v) is 6.57. The molecule has 0 atom stereocenters. The molecule has 0 unspecified atom stereocenters. The molecule has 0 bridgehead atoms. The summed E-state index contributed by atoms with van der Waals surface area (Å²) >= 11 is 1.44. The SMILES string of the molecule is Cc1sc(C(=O)NCCN(C)C(C)C)cc1N. The van der Waals surface area contributed by atoms with Gasteiger partial charge in [0.15, 0.2) is 0 Å². The van der Waals surface area contributed by atoms with Gasteiger partial charge >= 0.3 is 0 Å². The Bertz CT molecular complexity index is 368. The highest BCUT2D eigenvalue weighted by Gasteiger charge is 2.10. The Kier molecular flexibility index (Phi) is 4.96. The average Bonchev–Trinajstić information content (AvgIpc) is 2.59. The van der Waals surface area contributed by atoms with Crippen molar-refractivity contribution >= 4 is 22.9 Å². The highest BCUT2D eigenvalue weighted by Crippen LogP contribution is 2.22. The van der Waals surface area contributed by atoms with Gasteiger partial charge in [0.1, 0.15) is 0 Å². The van der Waals surface area contributed by atoms with Gasteiger partial charge in [0.05, 0.1) is 4.88 Å². The summed E-state index contributed by atoms with van der Waals surface area (Å²) < 4.78 is 0. The van der Waals surface area contributed by atoms with Crippen LogP contribution in [0.15, 0.2) is 6.07 Å². The van der Waals surface area contributed by atoms with Gasteiger partial charge in [-0.1, -0.05) is 0 Å². The average molecular weight is 255 g/mol. The van der Waals surface area contributed by atoms with E-state index >= 15 is 0 Å². The number of hydrogen-bond acceptors (Lipinski definition) is 4. The highest BCUT2D eigenvalue weighted by atomic mass is 32.1. The molecule has 0 aromatic carbocycles. The van der Waals surface area contributed by atoms with Crippen LogP contribution in [0.25, 0.3) is 0 Å². The fourth-order valence-corrected chi connectivity index (χ4v) is 2.16. The number of anilines is 1. The summed E-state index contributed by atoms with van der Waals surface area (Å²) in [6.07, 6.45) is 0. The molecular weight excluding hydrogens is 234 g/mol. The maximum absolute atomic E-state index is 11.8. The quantitative estimate of drug-likeness (QED) is 0.842. The lowest BCUT2D eigenvalue weighted by Crippen LogP contribution is -2.35. The summed E-state index contributed by atoms with van der Waals surface area (Å²) in [5.41, 5.74) is 6.41. The third-order valence-corrected chi connectivity index (χ3v) is 3.88. The molecule has 0 aliphatic rings. The molecule has 1 amide bonds. The largest absolute Gasteiger partial charge is 0.398 e. The predicted molar refractivity (Wildman–Crippen MR) is 73.6 cm³/mol. The number of aryl methyl sites for hydroxylation is 1. The van der Waals surface area contributed by atoms with Gasteiger partial charge in [-0.25, -0.2) is 0 Å². The Morgan fingerprint density at radius 2 is 2.24 bits per heavy atom. The van der Waals surface area contributed by atoms with Crippen LogP contribution in [0, 0.1) is 6.92 Å². The Morgan fingerprint density at radius 3 is 2.71 bits per heavy atom. The summed E-state index contributed by atoms with van der Waals surface area (Å²) in [7, 11) is 2.05. The zero-order chi connectivity index (χ0) is 13.0. The van der Waals surface area contributed by atoms with Crippen LogP contribution in [0.2, 0.25) is 0 Å². The summed E-state index contributed by atoms with van der Waals surface area (Å²) in [5, 5.41) is 2.90. The fourth-order valence-electron chi connectivity index (χ4n) is 1.30. The van der Waals surface area contributed by atoms with E-state index in [0.717, 1.165) is 11.4 Å². The summed E-state index contributed by atoms with van der Waals surface area (Å²) in [5.74, 6) is -0.0352. The van der Waals surface area contributed by atoms with Crippen LogP contribution < -0.4 is 11.1 Å².